The molecule has 2 N–H and O–H groups in total. The number of nitrogen functional groups attached to an aromatic ring is 1. The van der Waals surface area contributed by atoms with Gasteiger partial charge in [-0.3, -0.25) is 0 Å². The van der Waals surface area contributed by atoms with Gasteiger partial charge in [0.1, 0.15) is 5.75 Å². The number of anilines is 1. The quantitative estimate of drug-likeness (QED) is 0.643. The van der Waals surface area contributed by atoms with E-state index in [0.717, 1.165) is 34.7 Å². The molecule has 1 aromatic carbocycles. The van der Waals surface area contributed by atoms with Gasteiger partial charge in [-0.2, -0.15) is 11.8 Å². The van der Waals surface area contributed by atoms with Gasteiger partial charge < -0.3 is 10.5 Å². The number of nitrogens with two attached hydrogens (primary N) is 1. The summed E-state index contributed by atoms with van der Waals surface area (Å²) in [6, 6.07) is 5.64. The molecular formula is C11H16BrNOS. The van der Waals surface area contributed by atoms with Gasteiger partial charge in [-0.15, -0.1) is 0 Å². The minimum absolute atomic E-state index is 0.724. The van der Waals surface area contributed by atoms with E-state index < -0.39 is 0 Å². The van der Waals surface area contributed by atoms with Gasteiger partial charge in [0, 0.05) is 16.2 Å². The number of benzene rings is 1. The Morgan fingerprint density at radius 2 is 2.20 bits per heavy atom. The number of halogens is 1. The highest BCUT2D eigenvalue weighted by atomic mass is 79.9. The minimum atomic E-state index is 0.724. The second kappa shape index (κ2) is 7.01. The van der Waals surface area contributed by atoms with Crippen LogP contribution in [-0.4, -0.2) is 18.1 Å². The van der Waals surface area contributed by atoms with Crippen LogP contribution in [0, 0.1) is 0 Å². The Morgan fingerprint density at radius 1 is 1.40 bits per heavy atom. The molecule has 0 saturated carbocycles. The van der Waals surface area contributed by atoms with E-state index in [1.807, 2.05) is 30.0 Å². The van der Waals surface area contributed by atoms with Gasteiger partial charge in [-0.1, -0.05) is 22.9 Å². The fourth-order valence-electron chi connectivity index (χ4n) is 1.16. The molecule has 0 heterocycles. The number of hydrogen-bond donors (Lipinski definition) is 1. The summed E-state index contributed by atoms with van der Waals surface area (Å²) in [5.74, 6) is 3.16. The molecule has 0 amide bonds. The zero-order valence-corrected chi connectivity index (χ0v) is 11.2. The number of thioether (sulfide) groups is 1. The SMILES string of the molecule is CCSCCCOc1cc(N)cc(Br)c1. The highest BCUT2D eigenvalue weighted by molar-refractivity contribution is 9.10. The van der Waals surface area contributed by atoms with Crippen LogP contribution >= 0.6 is 27.7 Å². The average molecular weight is 290 g/mol. The van der Waals surface area contributed by atoms with E-state index >= 15 is 0 Å². The summed E-state index contributed by atoms with van der Waals surface area (Å²) in [7, 11) is 0. The molecule has 15 heavy (non-hydrogen) atoms. The first kappa shape index (κ1) is 12.7. The number of rotatable bonds is 6. The summed E-state index contributed by atoms with van der Waals surface area (Å²) >= 11 is 5.32. The van der Waals surface area contributed by atoms with Gasteiger partial charge in [0.2, 0.25) is 0 Å². The maximum absolute atomic E-state index is 5.70. The normalized spacial score (nSPS) is 10.3. The van der Waals surface area contributed by atoms with Crippen LogP contribution in [-0.2, 0) is 0 Å². The maximum Gasteiger partial charge on any atom is 0.122 e. The van der Waals surface area contributed by atoms with Gasteiger partial charge in [-0.05, 0) is 30.1 Å². The first-order chi connectivity index (χ1) is 7.22. The van der Waals surface area contributed by atoms with E-state index in [-0.39, 0.29) is 0 Å². The first-order valence-corrected chi connectivity index (χ1v) is 6.93. The molecule has 0 aromatic heterocycles. The molecule has 0 fully saturated rings. The van der Waals surface area contributed by atoms with Crippen molar-refractivity contribution in [1.29, 1.82) is 0 Å². The average Bonchev–Trinajstić information content (AvgIpc) is 2.16. The second-order valence-electron chi connectivity index (χ2n) is 3.12. The van der Waals surface area contributed by atoms with Crippen molar-refractivity contribution < 1.29 is 4.74 Å². The minimum Gasteiger partial charge on any atom is -0.493 e. The van der Waals surface area contributed by atoms with Crippen molar-refractivity contribution in [3.63, 3.8) is 0 Å². The predicted molar refractivity (Wildman–Crippen MR) is 71.7 cm³/mol. The van der Waals surface area contributed by atoms with E-state index in [2.05, 4.69) is 22.9 Å². The molecule has 0 aliphatic rings. The summed E-state index contributed by atoms with van der Waals surface area (Å²) in [6.07, 6.45) is 1.07. The zero-order chi connectivity index (χ0) is 11.1. The summed E-state index contributed by atoms with van der Waals surface area (Å²) in [5, 5.41) is 0. The van der Waals surface area contributed by atoms with Gasteiger partial charge in [0.15, 0.2) is 0 Å². The van der Waals surface area contributed by atoms with Crippen molar-refractivity contribution in [2.45, 2.75) is 13.3 Å². The number of hydrogen-bond acceptors (Lipinski definition) is 3. The topological polar surface area (TPSA) is 35.2 Å². The summed E-state index contributed by atoms with van der Waals surface area (Å²) in [4.78, 5) is 0. The molecule has 2 nitrogen and oxygen atoms in total. The van der Waals surface area contributed by atoms with Crippen molar-refractivity contribution >= 4 is 33.4 Å². The van der Waals surface area contributed by atoms with Crippen molar-refractivity contribution in [2.75, 3.05) is 23.8 Å². The van der Waals surface area contributed by atoms with Crippen LogP contribution in [0.15, 0.2) is 22.7 Å². The van der Waals surface area contributed by atoms with Gasteiger partial charge >= 0.3 is 0 Å². The lowest BCUT2D eigenvalue weighted by Crippen LogP contribution is -1.99. The standard InChI is InChI=1S/C11H16BrNOS/c1-2-15-5-3-4-14-11-7-9(12)6-10(13)8-11/h6-8H,2-5,13H2,1H3. The van der Waals surface area contributed by atoms with Crippen LogP contribution < -0.4 is 10.5 Å². The van der Waals surface area contributed by atoms with Gasteiger partial charge in [0.25, 0.3) is 0 Å². The van der Waals surface area contributed by atoms with Crippen LogP contribution in [0.5, 0.6) is 5.75 Å². The largest absolute Gasteiger partial charge is 0.493 e. The Balaban J connectivity index is 2.31. The fraction of sp³-hybridized carbons (Fsp3) is 0.455. The van der Waals surface area contributed by atoms with Crippen LogP contribution in [0.1, 0.15) is 13.3 Å². The summed E-state index contributed by atoms with van der Waals surface area (Å²) < 4.78 is 6.55. The Labute approximate surface area is 104 Å². The third-order valence-electron chi connectivity index (χ3n) is 1.80. The van der Waals surface area contributed by atoms with Gasteiger partial charge in [0.05, 0.1) is 6.61 Å². The predicted octanol–water partition coefficient (Wildman–Crippen LogP) is 3.55. The molecule has 1 aromatic rings. The van der Waals surface area contributed by atoms with E-state index in [1.165, 1.54) is 5.75 Å². The van der Waals surface area contributed by atoms with Crippen molar-refractivity contribution in [3.05, 3.63) is 22.7 Å². The van der Waals surface area contributed by atoms with Gasteiger partial charge in [-0.25, -0.2) is 0 Å². The third kappa shape index (κ3) is 5.33. The molecule has 0 aliphatic heterocycles. The summed E-state index contributed by atoms with van der Waals surface area (Å²) in [6.45, 7) is 2.92. The van der Waals surface area contributed by atoms with Crippen LogP contribution in [0.2, 0.25) is 0 Å². The molecule has 0 atom stereocenters. The van der Waals surface area contributed by atoms with Crippen LogP contribution in [0.3, 0.4) is 0 Å². The molecule has 84 valence electrons. The third-order valence-corrected chi connectivity index (χ3v) is 3.24. The monoisotopic (exact) mass is 289 g/mol. The molecule has 0 spiro atoms. The second-order valence-corrected chi connectivity index (χ2v) is 5.43. The van der Waals surface area contributed by atoms with E-state index in [1.54, 1.807) is 0 Å². The highest BCUT2D eigenvalue weighted by Crippen LogP contribution is 2.22. The van der Waals surface area contributed by atoms with E-state index in [4.69, 9.17) is 10.5 Å². The first-order valence-electron chi connectivity index (χ1n) is 4.99. The smallest absolute Gasteiger partial charge is 0.122 e. The maximum atomic E-state index is 5.70. The molecule has 0 aliphatic carbocycles. The Bertz CT molecular complexity index is 286. The number of ether oxygens (including phenoxy) is 1. The Hall–Kier alpha value is -0.350. The van der Waals surface area contributed by atoms with Crippen molar-refractivity contribution in [1.82, 2.24) is 0 Å². The Kier molecular flexibility index (Phi) is 5.95. The molecule has 4 heteroatoms. The molecule has 0 unspecified atom stereocenters. The lowest BCUT2D eigenvalue weighted by atomic mass is 10.3. The molecule has 0 saturated heterocycles. The van der Waals surface area contributed by atoms with Crippen molar-refractivity contribution in [3.8, 4) is 5.75 Å². The van der Waals surface area contributed by atoms with E-state index in [9.17, 15) is 0 Å². The molecular weight excluding hydrogens is 274 g/mol. The van der Waals surface area contributed by atoms with E-state index in [0.29, 0.717) is 0 Å². The fourth-order valence-corrected chi connectivity index (χ4v) is 2.26. The summed E-state index contributed by atoms with van der Waals surface area (Å²) in [5.41, 5.74) is 6.42. The Morgan fingerprint density at radius 3 is 2.87 bits per heavy atom. The lowest BCUT2D eigenvalue weighted by Gasteiger charge is -2.07. The molecule has 1 rings (SSSR count). The lowest BCUT2D eigenvalue weighted by molar-refractivity contribution is 0.318. The zero-order valence-electron chi connectivity index (χ0n) is 8.83. The van der Waals surface area contributed by atoms with Crippen LogP contribution in [0.25, 0.3) is 0 Å². The highest BCUT2D eigenvalue weighted by Gasteiger charge is 1.97. The van der Waals surface area contributed by atoms with Crippen molar-refractivity contribution in [2.24, 2.45) is 0 Å². The molecule has 0 bridgehead atoms. The van der Waals surface area contributed by atoms with Crippen LogP contribution in [0.4, 0.5) is 5.69 Å². The molecule has 0 radical (unpaired) electrons.